The third-order valence-corrected chi connectivity index (χ3v) is 4.17. The predicted octanol–water partition coefficient (Wildman–Crippen LogP) is -0.931. The third kappa shape index (κ3) is 1.85. The lowest BCUT2D eigenvalue weighted by molar-refractivity contribution is 0.302. The van der Waals surface area contributed by atoms with Gasteiger partial charge in [0.05, 0.1) is 5.69 Å². The van der Waals surface area contributed by atoms with Gasteiger partial charge in [0.1, 0.15) is 6.33 Å². The summed E-state index contributed by atoms with van der Waals surface area (Å²) in [5, 5.41) is 6.18. The zero-order valence-electron chi connectivity index (χ0n) is 10.5. The highest BCUT2D eigenvalue weighted by atomic mass is 16.1. The molecule has 0 bridgehead atoms. The topological polar surface area (TPSA) is 78.3 Å². The number of nitrogens with zero attached hydrogens (tertiary/aromatic N) is 4. The number of hydrogen-bond donors (Lipinski definition) is 2. The zero-order chi connectivity index (χ0) is 12.8. The summed E-state index contributed by atoms with van der Waals surface area (Å²) in [7, 11) is 0. The standard InChI is InChI=1S/C12H16N6O/c19-11-1-10(16-12-14-7-15-18(11)12)6-17-4-8-2-13-3-9(8)5-17/h1,7-9,13H,2-6H2,(H,14,15,16)/t8-,9+. The number of aromatic nitrogens is 4. The molecule has 2 aliphatic heterocycles. The summed E-state index contributed by atoms with van der Waals surface area (Å²) in [6.45, 7) is 5.18. The van der Waals surface area contributed by atoms with Crippen LogP contribution in [0.15, 0.2) is 17.2 Å². The van der Waals surface area contributed by atoms with Crippen molar-refractivity contribution in [1.82, 2.24) is 29.8 Å². The van der Waals surface area contributed by atoms with Gasteiger partial charge in [-0.3, -0.25) is 14.8 Å². The highest BCUT2D eigenvalue weighted by molar-refractivity contribution is 5.26. The van der Waals surface area contributed by atoms with E-state index in [2.05, 4.69) is 25.3 Å². The van der Waals surface area contributed by atoms with Gasteiger partial charge in [0, 0.05) is 25.7 Å². The first-order valence-corrected chi connectivity index (χ1v) is 6.65. The molecule has 2 aliphatic rings. The Hall–Kier alpha value is -1.73. The molecule has 2 aromatic heterocycles. The van der Waals surface area contributed by atoms with Crippen LogP contribution in [0, 0.1) is 11.8 Å². The molecule has 4 heterocycles. The van der Waals surface area contributed by atoms with Crippen molar-refractivity contribution in [2.75, 3.05) is 26.2 Å². The van der Waals surface area contributed by atoms with Gasteiger partial charge in [-0.2, -0.15) is 4.52 Å². The molecule has 2 N–H and O–H groups in total. The number of aromatic amines is 1. The van der Waals surface area contributed by atoms with Crippen LogP contribution >= 0.6 is 0 Å². The van der Waals surface area contributed by atoms with Gasteiger partial charge in [0.15, 0.2) is 0 Å². The highest BCUT2D eigenvalue weighted by Gasteiger charge is 2.35. The van der Waals surface area contributed by atoms with Crippen molar-refractivity contribution >= 4 is 5.78 Å². The van der Waals surface area contributed by atoms with E-state index in [9.17, 15) is 4.79 Å². The maximum absolute atomic E-state index is 11.9. The molecule has 2 fully saturated rings. The first kappa shape index (κ1) is 11.1. The number of nitrogens with one attached hydrogen (secondary N) is 2. The number of fused-ring (bicyclic) bond motifs is 2. The largest absolute Gasteiger partial charge is 0.316 e. The van der Waals surface area contributed by atoms with Crippen molar-refractivity contribution < 1.29 is 0 Å². The van der Waals surface area contributed by atoms with E-state index >= 15 is 0 Å². The summed E-state index contributed by atoms with van der Waals surface area (Å²) < 4.78 is 1.35. The Morgan fingerprint density at radius 2 is 2.11 bits per heavy atom. The van der Waals surface area contributed by atoms with Crippen molar-refractivity contribution in [2.24, 2.45) is 11.8 Å². The summed E-state index contributed by atoms with van der Waals surface area (Å²) in [6, 6.07) is 1.59. The molecular weight excluding hydrogens is 244 g/mol. The molecular formula is C12H16N6O. The van der Waals surface area contributed by atoms with Gasteiger partial charge in [0.2, 0.25) is 0 Å². The minimum absolute atomic E-state index is 0.0986. The van der Waals surface area contributed by atoms with Gasteiger partial charge in [-0.25, -0.2) is 9.97 Å². The summed E-state index contributed by atoms with van der Waals surface area (Å²) in [6.07, 6.45) is 1.49. The van der Waals surface area contributed by atoms with E-state index < -0.39 is 0 Å². The lowest BCUT2D eigenvalue weighted by Crippen LogP contribution is -2.27. The Morgan fingerprint density at radius 3 is 2.89 bits per heavy atom. The fourth-order valence-corrected chi connectivity index (χ4v) is 3.26. The molecule has 2 saturated heterocycles. The van der Waals surface area contributed by atoms with Gasteiger partial charge < -0.3 is 5.32 Å². The number of rotatable bonds is 2. The Kier molecular flexibility index (Phi) is 2.42. The van der Waals surface area contributed by atoms with E-state index in [4.69, 9.17) is 0 Å². The lowest BCUT2D eigenvalue weighted by atomic mass is 10.0. The number of H-pyrrole nitrogens is 1. The number of hydrogen-bond acceptors (Lipinski definition) is 5. The van der Waals surface area contributed by atoms with Crippen molar-refractivity contribution in [2.45, 2.75) is 6.54 Å². The molecule has 100 valence electrons. The summed E-state index contributed by atoms with van der Waals surface area (Å²) in [5.41, 5.74) is 0.712. The van der Waals surface area contributed by atoms with Crippen LogP contribution < -0.4 is 10.9 Å². The molecule has 0 aromatic carbocycles. The Bertz CT molecular complexity index is 650. The van der Waals surface area contributed by atoms with E-state index in [0.29, 0.717) is 5.78 Å². The maximum Gasteiger partial charge on any atom is 0.274 e. The van der Waals surface area contributed by atoms with Crippen LogP contribution in [0.25, 0.3) is 5.78 Å². The smallest absolute Gasteiger partial charge is 0.274 e. The third-order valence-electron chi connectivity index (χ3n) is 4.17. The molecule has 0 unspecified atom stereocenters. The van der Waals surface area contributed by atoms with Gasteiger partial charge in [0.25, 0.3) is 11.3 Å². The molecule has 2 atom stereocenters. The summed E-state index contributed by atoms with van der Waals surface area (Å²) in [5.74, 6) is 1.97. The van der Waals surface area contributed by atoms with E-state index in [1.54, 1.807) is 6.07 Å². The molecule has 0 spiro atoms. The minimum atomic E-state index is -0.0986. The molecule has 2 aromatic rings. The monoisotopic (exact) mass is 260 g/mol. The van der Waals surface area contributed by atoms with Crippen molar-refractivity contribution in [3.05, 3.63) is 28.4 Å². The van der Waals surface area contributed by atoms with Gasteiger partial charge >= 0.3 is 0 Å². The number of likely N-dealkylation sites (tertiary alicyclic amines) is 1. The zero-order valence-corrected chi connectivity index (χ0v) is 10.5. The molecule has 0 saturated carbocycles. The van der Waals surface area contributed by atoms with Gasteiger partial charge in [-0.05, 0) is 24.9 Å². The second kappa shape index (κ2) is 4.14. The first-order chi connectivity index (χ1) is 9.29. The SMILES string of the molecule is O=c1cc(CN2C[C@H]3CNC[C@H]3C2)nc2nc[nH]n12. The fraction of sp³-hybridized carbons (Fsp3) is 0.583. The minimum Gasteiger partial charge on any atom is -0.316 e. The van der Waals surface area contributed by atoms with E-state index in [-0.39, 0.29) is 5.56 Å². The first-order valence-electron chi connectivity index (χ1n) is 6.65. The van der Waals surface area contributed by atoms with E-state index in [1.807, 2.05) is 0 Å². The summed E-state index contributed by atoms with van der Waals surface area (Å²) >= 11 is 0. The molecule has 0 radical (unpaired) electrons. The van der Waals surface area contributed by atoms with Crippen molar-refractivity contribution in [3.63, 3.8) is 0 Å². The second-order valence-corrected chi connectivity index (χ2v) is 5.48. The maximum atomic E-state index is 11.9. The molecule has 0 amide bonds. The van der Waals surface area contributed by atoms with Crippen molar-refractivity contribution in [1.29, 1.82) is 0 Å². The van der Waals surface area contributed by atoms with Crippen LogP contribution in [0.4, 0.5) is 0 Å². The van der Waals surface area contributed by atoms with Crippen LogP contribution in [0.1, 0.15) is 5.69 Å². The molecule has 19 heavy (non-hydrogen) atoms. The molecule has 0 aliphatic carbocycles. The Balaban J connectivity index is 1.57. The van der Waals surface area contributed by atoms with Gasteiger partial charge in [-0.15, -0.1) is 0 Å². The average molecular weight is 260 g/mol. The van der Waals surface area contributed by atoms with Crippen LogP contribution in [0.3, 0.4) is 0 Å². The second-order valence-electron chi connectivity index (χ2n) is 5.48. The van der Waals surface area contributed by atoms with E-state index in [1.165, 1.54) is 10.8 Å². The predicted molar refractivity (Wildman–Crippen MR) is 68.7 cm³/mol. The molecule has 4 rings (SSSR count). The quantitative estimate of drug-likeness (QED) is 0.729. The molecule has 7 nitrogen and oxygen atoms in total. The summed E-state index contributed by atoms with van der Waals surface area (Å²) in [4.78, 5) is 22.7. The Labute approximate surface area is 109 Å². The molecule has 7 heteroatoms. The van der Waals surface area contributed by atoms with Crippen molar-refractivity contribution in [3.8, 4) is 0 Å². The van der Waals surface area contributed by atoms with Gasteiger partial charge in [-0.1, -0.05) is 0 Å². The van der Waals surface area contributed by atoms with Crippen LogP contribution in [0.2, 0.25) is 0 Å². The van der Waals surface area contributed by atoms with Crippen LogP contribution in [-0.4, -0.2) is 50.7 Å². The van der Waals surface area contributed by atoms with E-state index in [0.717, 1.165) is 50.3 Å². The van der Waals surface area contributed by atoms with Crippen LogP contribution in [-0.2, 0) is 6.54 Å². The highest BCUT2D eigenvalue weighted by Crippen LogP contribution is 2.26. The lowest BCUT2D eigenvalue weighted by Gasteiger charge is -2.15. The normalized spacial score (nSPS) is 27.2. The fourth-order valence-electron chi connectivity index (χ4n) is 3.26. The van der Waals surface area contributed by atoms with Crippen LogP contribution in [0.5, 0.6) is 0 Å². The average Bonchev–Trinajstić information content (AvgIpc) is 3.02. The Morgan fingerprint density at radius 1 is 1.32 bits per heavy atom.